The first-order valence-corrected chi connectivity index (χ1v) is 4.05. The molecule has 0 radical (unpaired) electrons. The zero-order chi connectivity index (χ0) is 8.81. The van der Waals surface area contributed by atoms with Gasteiger partial charge in [-0.05, 0) is 0 Å². The highest BCUT2D eigenvalue weighted by molar-refractivity contribution is 5.81. The molecule has 1 rings (SSSR count). The Bertz CT molecular complexity index is 164. The third kappa shape index (κ3) is 3.02. The average molecular weight is 170 g/mol. The lowest BCUT2D eigenvalue weighted by molar-refractivity contribution is -0.142. The van der Waals surface area contributed by atoms with E-state index in [9.17, 15) is 4.79 Å². The summed E-state index contributed by atoms with van der Waals surface area (Å²) in [6.07, 6.45) is 1.18. The number of carbonyl (C=O) groups is 1. The maximum Gasteiger partial charge on any atom is 0.331 e. The van der Waals surface area contributed by atoms with Crippen LogP contribution in [0.3, 0.4) is 0 Å². The van der Waals surface area contributed by atoms with Gasteiger partial charge in [0, 0.05) is 32.3 Å². The number of ether oxygens (including phenoxy) is 1. The van der Waals surface area contributed by atoms with E-state index in [1.807, 2.05) is 0 Å². The topological polar surface area (TPSA) is 41.6 Å². The fourth-order valence-electron chi connectivity index (χ4n) is 1.05. The molecule has 0 unspecified atom stereocenters. The van der Waals surface area contributed by atoms with Gasteiger partial charge < -0.3 is 10.1 Å². The third-order valence-electron chi connectivity index (χ3n) is 1.77. The van der Waals surface area contributed by atoms with E-state index in [-0.39, 0.29) is 5.97 Å². The van der Waals surface area contributed by atoms with E-state index in [0.717, 1.165) is 26.2 Å². The third-order valence-corrected chi connectivity index (χ3v) is 1.77. The summed E-state index contributed by atoms with van der Waals surface area (Å²) in [5.74, 6) is -0.353. The first-order valence-electron chi connectivity index (χ1n) is 4.05. The molecule has 1 aliphatic heterocycles. The summed E-state index contributed by atoms with van der Waals surface area (Å²) in [5.41, 5.74) is 0. The maximum atomic E-state index is 10.7. The molecule has 12 heavy (non-hydrogen) atoms. The number of piperazine rings is 1. The monoisotopic (exact) mass is 170 g/mol. The van der Waals surface area contributed by atoms with Gasteiger partial charge in [0.2, 0.25) is 0 Å². The van der Waals surface area contributed by atoms with Crippen LogP contribution in [0.15, 0.2) is 12.7 Å². The zero-order valence-corrected chi connectivity index (χ0v) is 7.08. The summed E-state index contributed by atoms with van der Waals surface area (Å²) in [4.78, 5) is 12.8. The number of rotatable bonds is 3. The van der Waals surface area contributed by atoms with Crippen molar-refractivity contribution in [1.29, 1.82) is 0 Å². The number of carbonyl (C=O) groups excluding carboxylic acids is 1. The molecule has 1 aliphatic rings. The van der Waals surface area contributed by atoms with Crippen LogP contribution in [-0.2, 0) is 9.53 Å². The number of hydrogen-bond acceptors (Lipinski definition) is 4. The van der Waals surface area contributed by atoms with Crippen LogP contribution in [0.4, 0.5) is 0 Å². The predicted molar refractivity (Wildman–Crippen MR) is 45.6 cm³/mol. The molecule has 0 saturated carbocycles. The first-order chi connectivity index (χ1) is 5.83. The van der Waals surface area contributed by atoms with Crippen molar-refractivity contribution in [2.24, 2.45) is 0 Å². The van der Waals surface area contributed by atoms with Crippen molar-refractivity contribution in [3.05, 3.63) is 12.7 Å². The Balaban J connectivity index is 2.12. The molecule has 1 saturated heterocycles. The Morgan fingerprint density at radius 3 is 2.83 bits per heavy atom. The second-order valence-electron chi connectivity index (χ2n) is 2.66. The van der Waals surface area contributed by atoms with E-state index in [4.69, 9.17) is 4.74 Å². The number of nitrogens with zero attached hydrogens (tertiary/aromatic N) is 1. The van der Waals surface area contributed by atoms with E-state index < -0.39 is 0 Å². The predicted octanol–water partition coefficient (Wildman–Crippen LogP) is -0.422. The smallest absolute Gasteiger partial charge is 0.331 e. The second-order valence-corrected chi connectivity index (χ2v) is 2.66. The quantitative estimate of drug-likeness (QED) is 0.461. The lowest BCUT2D eigenvalue weighted by Crippen LogP contribution is -2.44. The van der Waals surface area contributed by atoms with Crippen molar-refractivity contribution in [3.63, 3.8) is 0 Å². The molecule has 0 atom stereocenters. The molecule has 0 aliphatic carbocycles. The second kappa shape index (κ2) is 4.90. The Kier molecular flexibility index (Phi) is 3.76. The molecule has 4 heteroatoms. The minimum atomic E-state index is -0.353. The maximum absolute atomic E-state index is 10.7. The fourth-order valence-corrected chi connectivity index (χ4v) is 1.05. The molecule has 0 aromatic heterocycles. The van der Waals surface area contributed by atoms with Crippen LogP contribution in [0.2, 0.25) is 0 Å². The molecule has 0 aromatic carbocycles. The highest BCUT2D eigenvalue weighted by atomic mass is 16.5. The van der Waals surface area contributed by atoms with Gasteiger partial charge in [0.05, 0.1) is 0 Å². The van der Waals surface area contributed by atoms with Gasteiger partial charge in [-0.2, -0.15) is 0 Å². The van der Waals surface area contributed by atoms with Gasteiger partial charge in [0.25, 0.3) is 0 Å². The normalized spacial score (nSPS) is 18.7. The Hall–Kier alpha value is -0.870. The van der Waals surface area contributed by atoms with Crippen molar-refractivity contribution in [2.75, 3.05) is 32.9 Å². The zero-order valence-electron chi connectivity index (χ0n) is 7.08. The minimum Gasteiger partial charge on any atom is -0.446 e. The Labute approximate surface area is 72.2 Å². The van der Waals surface area contributed by atoms with Crippen molar-refractivity contribution in [2.45, 2.75) is 0 Å². The molecular formula is C8H14N2O2. The van der Waals surface area contributed by atoms with Gasteiger partial charge in [0.15, 0.2) is 0 Å². The van der Waals surface area contributed by atoms with E-state index in [1.54, 1.807) is 0 Å². The molecule has 0 amide bonds. The molecule has 68 valence electrons. The van der Waals surface area contributed by atoms with E-state index in [0.29, 0.717) is 6.73 Å². The number of esters is 1. The van der Waals surface area contributed by atoms with Crippen LogP contribution in [0, 0.1) is 0 Å². The Morgan fingerprint density at radius 1 is 1.58 bits per heavy atom. The molecule has 1 N–H and O–H groups in total. The van der Waals surface area contributed by atoms with Crippen LogP contribution in [0.1, 0.15) is 0 Å². The van der Waals surface area contributed by atoms with E-state index >= 15 is 0 Å². The van der Waals surface area contributed by atoms with Crippen molar-refractivity contribution >= 4 is 5.97 Å². The van der Waals surface area contributed by atoms with Crippen LogP contribution in [0.25, 0.3) is 0 Å². The molecular weight excluding hydrogens is 156 g/mol. The van der Waals surface area contributed by atoms with Crippen molar-refractivity contribution in [3.8, 4) is 0 Å². The van der Waals surface area contributed by atoms with Gasteiger partial charge in [-0.3, -0.25) is 4.90 Å². The van der Waals surface area contributed by atoms with Gasteiger partial charge in [-0.15, -0.1) is 0 Å². The molecule has 1 fully saturated rings. The van der Waals surface area contributed by atoms with Gasteiger partial charge >= 0.3 is 5.97 Å². The molecule has 0 bridgehead atoms. The van der Waals surface area contributed by atoms with E-state index in [2.05, 4.69) is 16.8 Å². The Morgan fingerprint density at radius 2 is 2.25 bits per heavy atom. The van der Waals surface area contributed by atoms with Crippen LogP contribution >= 0.6 is 0 Å². The summed E-state index contributed by atoms with van der Waals surface area (Å²) in [7, 11) is 0. The van der Waals surface area contributed by atoms with Crippen LogP contribution < -0.4 is 5.32 Å². The molecule has 4 nitrogen and oxygen atoms in total. The fraction of sp³-hybridized carbons (Fsp3) is 0.625. The molecule has 0 aromatic rings. The minimum absolute atomic E-state index is 0.353. The summed E-state index contributed by atoms with van der Waals surface area (Å²) in [6.45, 7) is 7.50. The lowest BCUT2D eigenvalue weighted by Gasteiger charge is -2.26. The molecule has 0 spiro atoms. The number of hydrogen-bond donors (Lipinski definition) is 1. The highest BCUT2D eigenvalue weighted by Crippen LogP contribution is 1.92. The standard InChI is InChI=1S/C8H14N2O2/c1-2-8(11)12-7-10-5-3-9-4-6-10/h2,9H,1,3-7H2. The summed E-state index contributed by atoms with van der Waals surface area (Å²) in [5, 5.41) is 3.21. The van der Waals surface area contributed by atoms with Crippen LogP contribution in [-0.4, -0.2) is 43.8 Å². The largest absolute Gasteiger partial charge is 0.446 e. The van der Waals surface area contributed by atoms with Gasteiger partial charge in [-0.1, -0.05) is 6.58 Å². The van der Waals surface area contributed by atoms with Crippen molar-refractivity contribution < 1.29 is 9.53 Å². The lowest BCUT2D eigenvalue weighted by atomic mass is 10.4. The average Bonchev–Trinajstić information content (AvgIpc) is 2.16. The van der Waals surface area contributed by atoms with Crippen molar-refractivity contribution in [1.82, 2.24) is 10.2 Å². The van der Waals surface area contributed by atoms with Gasteiger partial charge in [-0.25, -0.2) is 4.79 Å². The summed E-state index contributed by atoms with van der Waals surface area (Å²) >= 11 is 0. The highest BCUT2D eigenvalue weighted by Gasteiger charge is 2.09. The summed E-state index contributed by atoms with van der Waals surface area (Å²) in [6, 6.07) is 0. The SMILES string of the molecule is C=CC(=O)OCN1CCNCC1. The number of nitrogens with one attached hydrogen (secondary N) is 1. The van der Waals surface area contributed by atoms with Crippen LogP contribution in [0.5, 0.6) is 0 Å². The van der Waals surface area contributed by atoms with Gasteiger partial charge in [0.1, 0.15) is 6.73 Å². The first kappa shape index (κ1) is 9.22. The summed E-state index contributed by atoms with van der Waals surface area (Å²) < 4.78 is 4.87. The molecule has 1 heterocycles. The van der Waals surface area contributed by atoms with E-state index in [1.165, 1.54) is 6.08 Å².